The van der Waals surface area contributed by atoms with Crippen LogP contribution in [0.4, 0.5) is 0 Å². The Hall–Kier alpha value is -0.710. The third-order valence-electron chi connectivity index (χ3n) is 2.92. The molecule has 4 heteroatoms. The Morgan fingerprint density at radius 2 is 1.82 bits per heavy atom. The summed E-state index contributed by atoms with van der Waals surface area (Å²) < 4.78 is 5.54. The van der Waals surface area contributed by atoms with E-state index in [9.17, 15) is 5.11 Å². The van der Waals surface area contributed by atoms with Crippen LogP contribution in [0.1, 0.15) is 19.3 Å². The molecule has 0 amide bonds. The molecule has 0 atom stereocenters. The van der Waals surface area contributed by atoms with Crippen LogP contribution in [0.25, 0.3) is 0 Å². The molecule has 17 heavy (non-hydrogen) atoms. The maximum Gasteiger partial charge on any atom is 0.178 e. The van der Waals surface area contributed by atoms with E-state index in [2.05, 4.69) is 4.90 Å². The highest BCUT2D eigenvalue weighted by molar-refractivity contribution is 7.94. The van der Waals surface area contributed by atoms with Crippen molar-refractivity contribution in [1.82, 2.24) is 4.90 Å². The number of benzene rings is 1. The third-order valence-corrected chi connectivity index (χ3v) is 3.67. The lowest BCUT2D eigenvalue weighted by molar-refractivity contribution is 0.194. The van der Waals surface area contributed by atoms with Gasteiger partial charge < -0.3 is 9.08 Å². The largest absolute Gasteiger partial charge is 0.309 e. The standard InChI is InChI=1S/C13H18NO2S/c15-12-4-6-13(7-5-12)17-16-11-10-14-8-2-1-3-9-14/h4-7H,1-3,8-11H2. The molecule has 0 N–H and O–H groups in total. The van der Waals surface area contributed by atoms with Crippen LogP contribution in [0.5, 0.6) is 5.75 Å². The molecule has 1 heterocycles. The first-order valence-electron chi connectivity index (χ1n) is 6.13. The van der Waals surface area contributed by atoms with Gasteiger partial charge in [0.15, 0.2) is 5.75 Å². The van der Waals surface area contributed by atoms with E-state index in [1.54, 1.807) is 24.3 Å². The monoisotopic (exact) mass is 252 g/mol. The van der Waals surface area contributed by atoms with Crippen LogP contribution in [0.2, 0.25) is 0 Å². The fourth-order valence-electron chi connectivity index (χ4n) is 1.95. The molecule has 0 spiro atoms. The van der Waals surface area contributed by atoms with Gasteiger partial charge in [-0.3, -0.25) is 5.11 Å². The van der Waals surface area contributed by atoms with E-state index in [4.69, 9.17) is 4.18 Å². The van der Waals surface area contributed by atoms with Gasteiger partial charge in [0.2, 0.25) is 0 Å². The quantitative estimate of drug-likeness (QED) is 0.595. The Morgan fingerprint density at radius 3 is 2.53 bits per heavy atom. The summed E-state index contributed by atoms with van der Waals surface area (Å²) in [5.74, 6) is 0.0441. The van der Waals surface area contributed by atoms with Crippen molar-refractivity contribution in [2.24, 2.45) is 0 Å². The summed E-state index contributed by atoms with van der Waals surface area (Å²) in [5, 5.41) is 10.9. The summed E-state index contributed by atoms with van der Waals surface area (Å²) >= 11 is 1.35. The number of likely N-dealkylation sites (tertiary alicyclic amines) is 1. The van der Waals surface area contributed by atoms with Gasteiger partial charge in [0.05, 0.1) is 6.61 Å². The second-order valence-electron chi connectivity index (χ2n) is 4.28. The molecule has 3 nitrogen and oxygen atoms in total. The number of hydrogen-bond acceptors (Lipinski definition) is 3. The molecule has 1 saturated heterocycles. The number of hydrogen-bond donors (Lipinski definition) is 0. The third kappa shape index (κ3) is 4.58. The zero-order valence-corrected chi connectivity index (χ0v) is 10.7. The molecular weight excluding hydrogens is 234 g/mol. The Bertz CT molecular complexity index is 323. The molecule has 1 aromatic carbocycles. The highest BCUT2D eigenvalue weighted by Crippen LogP contribution is 2.21. The van der Waals surface area contributed by atoms with Crippen LogP contribution in [0.15, 0.2) is 29.2 Å². The van der Waals surface area contributed by atoms with Crippen molar-refractivity contribution >= 4 is 12.0 Å². The van der Waals surface area contributed by atoms with Gasteiger partial charge in [-0.1, -0.05) is 6.42 Å². The molecule has 0 unspecified atom stereocenters. The Labute approximate surface area is 107 Å². The Morgan fingerprint density at radius 1 is 1.12 bits per heavy atom. The molecule has 1 radical (unpaired) electrons. The molecule has 0 saturated carbocycles. The van der Waals surface area contributed by atoms with Crippen molar-refractivity contribution in [2.75, 3.05) is 26.2 Å². The summed E-state index contributed by atoms with van der Waals surface area (Å²) in [4.78, 5) is 3.44. The van der Waals surface area contributed by atoms with E-state index in [-0.39, 0.29) is 5.75 Å². The molecule has 0 aliphatic carbocycles. The van der Waals surface area contributed by atoms with Crippen molar-refractivity contribution in [2.45, 2.75) is 24.2 Å². The fourth-order valence-corrected chi connectivity index (χ4v) is 2.50. The van der Waals surface area contributed by atoms with Gasteiger partial charge in [0.1, 0.15) is 0 Å². The lowest BCUT2D eigenvalue weighted by Gasteiger charge is -2.25. The Balaban J connectivity index is 1.60. The molecule has 0 aromatic heterocycles. The van der Waals surface area contributed by atoms with Gasteiger partial charge in [-0.15, -0.1) is 0 Å². The van der Waals surface area contributed by atoms with Gasteiger partial charge in [-0.25, -0.2) is 0 Å². The van der Waals surface area contributed by atoms with E-state index in [1.807, 2.05) is 0 Å². The van der Waals surface area contributed by atoms with Crippen LogP contribution in [-0.4, -0.2) is 31.1 Å². The molecule has 93 valence electrons. The molecule has 1 aromatic rings. The SMILES string of the molecule is [O]c1ccc(SOCCN2CCCCC2)cc1. The van der Waals surface area contributed by atoms with E-state index < -0.39 is 0 Å². The minimum Gasteiger partial charge on any atom is -0.309 e. The zero-order valence-electron chi connectivity index (χ0n) is 9.93. The molecule has 1 fully saturated rings. The molecule has 1 aliphatic rings. The summed E-state index contributed by atoms with van der Waals surface area (Å²) in [5.41, 5.74) is 0. The molecule has 0 bridgehead atoms. The van der Waals surface area contributed by atoms with Crippen molar-refractivity contribution in [3.05, 3.63) is 24.3 Å². The van der Waals surface area contributed by atoms with Crippen LogP contribution >= 0.6 is 12.0 Å². The fraction of sp³-hybridized carbons (Fsp3) is 0.538. The van der Waals surface area contributed by atoms with Crippen LogP contribution < -0.4 is 0 Å². The first-order valence-corrected chi connectivity index (χ1v) is 6.88. The smallest absolute Gasteiger partial charge is 0.178 e. The van der Waals surface area contributed by atoms with Crippen LogP contribution in [0.3, 0.4) is 0 Å². The van der Waals surface area contributed by atoms with E-state index in [0.29, 0.717) is 0 Å². The van der Waals surface area contributed by atoms with Gasteiger partial charge in [-0.2, -0.15) is 0 Å². The lowest BCUT2D eigenvalue weighted by atomic mass is 10.1. The predicted molar refractivity (Wildman–Crippen MR) is 68.7 cm³/mol. The highest BCUT2D eigenvalue weighted by atomic mass is 32.2. The number of piperidine rings is 1. The normalized spacial score (nSPS) is 17.2. The average molecular weight is 252 g/mol. The zero-order chi connectivity index (χ0) is 11.9. The maximum absolute atomic E-state index is 10.9. The molecule has 1 aliphatic heterocycles. The van der Waals surface area contributed by atoms with E-state index in [0.717, 1.165) is 18.0 Å². The van der Waals surface area contributed by atoms with Crippen molar-refractivity contribution in [3.8, 4) is 5.75 Å². The van der Waals surface area contributed by atoms with Crippen LogP contribution in [0, 0.1) is 0 Å². The lowest BCUT2D eigenvalue weighted by Crippen LogP contribution is -2.32. The number of rotatable bonds is 5. The first-order chi connectivity index (χ1) is 8.34. The predicted octanol–water partition coefficient (Wildman–Crippen LogP) is 3.34. The first kappa shape index (κ1) is 12.7. The van der Waals surface area contributed by atoms with Crippen molar-refractivity contribution < 1.29 is 9.29 Å². The van der Waals surface area contributed by atoms with Gasteiger partial charge in [0.25, 0.3) is 0 Å². The van der Waals surface area contributed by atoms with Gasteiger partial charge in [0, 0.05) is 23.5 Å². The van der Waals surface area contributed by atoms with Gasteiger partial charge >= 0.3 is 0 Å². The van der Waals surface area contributed by atoms with Crippen molar-refractivity contribution in [1.29, 1.82) is 0 Å². The van der Waals surface area contributed by atoms with Gasteiger partial charge in [-0.05, 0) is 50.2 Å². The minimum absolute atomic E-state index is 0.0441. The molecular formula is C13H18NO2S. The van der Waals surface area contributed by atoms with E-state index in [1.165, 1.54) is 44.4 Å². The minimum atomic E-state index is 0.0441. The summed E-state index contributed by atoms with van der Waals surface area (Å²) in [6.45, 7) is 4.16. The van der Waals surface area contributed by atoms with Crippen molar-refractivity contribution in [3.63, 3.8) is 0 Å². The van der Waals surface area contributed by atoms with E-state index >= 15 is 0 Å². The Kier molecular flexibility index (Phi) is 5.16. The second-order valence-corrected chi connectivity index (χ2v) is 5.15. The maximum atomic E-state index is 10.9. The van der Waals surface area contributed by atoms with Crippen LogP contribution in [-0.2, 0) is 9.29 Å². The highest BCUT2D eigenvalue weighted by Gasteiger charge is 2.09. The summed E-state index contributed by atoms with van der Waals surface area (Å²) in [7, 11) is 0. The second kappa shape index (κ2) is 6.89. The number of nitrogens with zero attached hydrogens (tertiary/aromatic N) is 1. The topological polar surface area (TPSA) is 32.4 Å². The summed E-state index contributed by atoms with van der Waals surface area (Å²) in [6, 6.07) is 6.73. The summed E-state index contributed by atoms with van der Waals surface area (Å²) in [6.07, 6.45) is 4.00. The average Bonchev–Trinajstić information content (AvgIpc) is 2.38. The molecule has 2 rings (SSSR count).